The second kappa shape index (κ2) is 36.3. The highest BCUT2D eigenvalue weighted by molar-refractivity contribution is 8.17. The quantitative estimate of drug-likeness (QED) is 0.0179. The van der Waals surface area contributed by atoms with Crippen molar-refractivity contribution in [2.75, 3.05) is 5.73 Å². The van der Waals surface area contributed by atoms with E-state index in [4.69, 9.17) is 22.9 Å². The van der Waals surface area contributed by atoms with E-state index in [1.54, 1.807) is 95.2 Å². The number of allylic oxidation sites excluding steroid dienone is 2. The van der Waals surface area contributed by atoms with Gasteiger partial charge in [0.2, 0.25) is 0 Å². The van der Waals surface area contributed by atoms with Gasteiger partial charge >= 0.3 is 0 Å². The van der Waals surface area contributed by atoms with Crippen molar-refractivity contribution in [2.45, 2.75) is 189 Å². The number of carbonyl (C=O) groups excluding carboxylic acids is 2. The maximum Gasteiger partial charge on any atom is 0.270 e. The van der Waals surface area contributed by atoms with Crippen LogP contribution >= 0.6 is 23.5 Å². The van der Waals surface area contributed by atoms with Crippen molar-refractivity contribution in [1.82, 2.24) is 4.72 Å². The number of non-ortho nitro benzene ring substituents is 4. The highest BCUT2D eigenvalue weighted by Gasteiger charge is 2.40. The SMILES string of the molecule is CC(=N[S@](=O)C(C)(C)C)c1cc([N+](=O)[O-])ccc1F.CC(C)=C1C[C@@](C)(c2cc(N)ccc2F)N=C(N)S1.CC(C)=C1C[C@@](C)(c2cc([N+](=O)[O-])ccc2F)N=C(N)S1.CC(C)C(=O)C[C@](C)(N)c1cc([N+](=O)[O-])ccc1F.CC(C)C(=O)C[C@](C)(N[S@](=O)C(C)(C)C)c1cc([N+](=O)[O-])ccc1F. The third-order valence-electron chi connectivity index (χ3n) is 15.7. The zero-order valence-electron chi connectivity index (χ0n) is 61.0. The maximum atomic E-state index is 14.5. The van der Waals surface area contributed by atoms with Gasteiger partial charge in [0, 0.05) is 125 Å². The molecule has 0 radical (unpaired) electrons. The number of nitrogens with one attached hydrogen (secondary N) is 1. The molecule has 9 N–H and O–H groups in total. The molecule has 6 atom stereocenters. The number of amidine groups is 2. The number of ketones is 2. The number of nitrogens with zero attached hydrogens (tertiary/aromatic N) is 7. The van der Waals surface area contributed by atoms with Crippen LogP contribution in [0.3, 0.4) is 0 Å². The number of carbonyl (C=O) groups is 2. The van der Waals surface area contributed by atoms with Gasteiger partial charge in [0.15, 0.2) is 10.3 Å². The van der Waals surface area contributed by atoms with Crippen LogP contribution in [-0.2, 0) is 53.7 Å². The molecule has 5 aromatic carbocycles. The van der Waals surface area contributed by atoms with Gasteiger partial charge in [-0.2, -0.15) is 4.40 Å². The van der Waals surface area contributed by atoms with Crippen LogP contribution < -0.4 is 27.7 Å². The number of hydrogen-bond donors (Lipinski definition) is 5. The van der Waals surface area contributed by atoms with E-state index < -0.39 is 96.6 Å². The fourth-order valence-corrected chi connectivity index (χ4v) is 13.1. The Morgan fingerprint density at radius 3 is 1.31 bits per heavy atom. The van der Waals surface area contributed by atoms with Gasteiger partial charge in [0.25, 0.3) is 22.7 Å². The summed E-state index contributed by atoms with van der Waals surface area (Å²) in [6, 6.07) is 17.5. The Kier molecular flexibility index (Phi) is 31.2. The van der Waals surface area contributed by atoms with E-state index in [1.807, 2.05) is 34.6 Å². The molecule has 0 spiro atoms. The van der Waals surface area contributed by atoms with Crippen LogP contribution in [0.5, 0.6) is 0 Å². The molecule has 103 heavy (non-hydrogen) atoms. The van der Waals surface area contributed by atoms with Crippen molar-refractivity contribution in [3.05, 3.63) is 209 Å². The largest absolute Gasteiger partial charge is 0.399 e. The minimum Gasteiger partial charge on any atom is -0.399 e. The van der Waals surface area contributed by atoms with Gasteiger partial charge in [-0.1, -0.05) is 62.4 Å². The molecule has 0 saturated heterocycles. The van der Waals surface area contributed by atoms with Crippen molar-refractivity contribution < 1.29 is 59.7 Å². The van der Waals surface area contributed by atoms with E-state index in [2.05, 4.69) is 19.1 Å². The molecule has 5 aromatic rings. The van der Waals surface area contributed by atoms with Crippen LogP contribution in [0.15, 0.2) is 126 Å². The summed E-state index contributed by atoms with van der Waals surface area (Å²) in [6.45, 7) is 33.4. The number of hydrogen-bond acceptors (Lipinski definition) is 20. The predicted molar refractivity (Wildman–Crippen MR) is 401 cm³/mol. The Morgan fingerprint density at radius 2 is 0.913 bits per heavy atom. The van der Waals surface area contributed by atoms with Crippen LogP contribution in [0.4, 0.5) is 50.4 Å². The first-order valence-corrected chi connectivity index (χ1v) is 35.7. The number of nitro benzene ring substituents is 4. The monoisotopic (exact) mass is 1510 g/mol. The van der Waals surface area contributed by atoms with Gasteiger partial charge in [-0.25, -0.2) is 35.1 Å². The van der Waals surface area contributed by atoms with E-state index in [-0.39, 0.29) is 92.8 Å². The van der Waals surface area contributed by atoms with E-state index in [0.29, 0.717) is 34.4 Å². The molecule has 24 nitrogen and oxygen atoms in total. The summed E-state index contributed by atoms with van der Waals surface area (Å²) < 4.78 is 100. The van der Waals surface area contributed by atoms with Crippen molar-refractivity contribution in [3.8, 4) is 0 Å². The molecule has 0 aliphatic carbocycles. The first-order valence-electron chi connectivity index (χ1n) is 31.8. The van der Waals surface area contributed by atoms with Gasteiger partial charge in [-0.15, -0.1) is 0 Å². The second-order valence-electron chi connectivity index (χ2n) is 28.1. The number of rotatable bonds is 18. The summed E-state index contributed by atoms with van der Waals surface area (Å²) in [4.78, 5) is 75.8. The molecule has 7 rings (SSSR count). The number of nitro groups is 4. The van der Waals surface area contributed by atoms with Crippen LogP contribution in [0.1, 0.15) is 185 Å². The smallest absolute Gasteiger partial charge is 0.270 e. The first kappa shape index (κ1) is 88.7. The Hall–Kier alpha value is -8.50. The lowest BCUT2D eigenvalue weighted by atomic mass is 9.85. The van der Waals surface area contributed by atoms with E-state index in [9.17, 15) is 80.4 Å². The zero-order chi connectivity index (χ0) is 79.2. The minimum absolute atomic E-state index is 0.00759. The molecule has 2 aliphatic rings. The number of anilines is 1. The summed E-state index contributed by atoms with van der Waals surface area (Å²) >= 11 is 2.81. The fraction of sp³-hybridized carbons (Fsp3) is 0.443. The lowest BCUT2D eigenvalue weighted by Gasteiger charge is -2.34. The second-order valence-corrected chi connectivity index (χ2v) is 34.2. The molecule has 2 heterocycles. The number of thioether (sulfide) groups is 2. The number of nitrogen functional groups attached to an aromatic ring is 1. The molecule has 0 fully saturated rings. The Balaban J connectivity index is 0.000000336. The number of nitrogens with two attached hydrogens (primary N) is 4. The third kappa shape index (κ3) is 25.4. The summed E-state index contributed by atoms with van der Waals surface area (Å²) in [5, 5.41) is 44.1. The van der Waals surface area contributed by atoms with Crippen LogP contribution in [-0.4, -0.2) is 65.2 Å². The third-order valence-corrected chi connectivity index (χ3v) is 21.1. The van der Waals surface area contributed by atoms with Gasteiger partial charge in [-0.05, 0) is 156 Å². The summed E-state index contributed by atoms with van der Waals surface area (Å²) in [6.07, 6.45) is 0.910. The van der Waals surface area contributed by atoms with Gasteiger partial charge in [0.1, 0.15) is 51.6 Å². The van der Waals surface area contributed by atoms with Crippen LogP contribution in [0.2, 0.25) is 0 Å². The zero-order valence-corrected chi connectivity index (χ0v) is 64.3. The van der Waals surface area contributed by atoms with Crippen molar-refractivity contribution >= 4 is 102 Å². The number of Topliss-reactive ketones (excluding diaryl/α,β-unsaturated/α-hetero) is 2. The highest BCUT2D eigenvalue weighted by atomic mass is 32.2. The molecule has 562 valence electrons. The van der Waals surface area contributed by atoms with Crippen LogP contribution in [0, 0.1) is 81.4 Å². The number of aliphatic imine (C=N–C) groups is 2. The fourth-order valence-electron chi connectivity index (χ4n) is 9.51. The first-order chi connectivity index (χ1) is 47.1. The molecular weight excluding hydrogens is 1420 g/mol. The molecule has 0 amide bonds. The average molecular weight is 1520 g/mol. The molecule has 0 aromatic heterocycles. The van der Waals surface area contributed by atoms with Crippen molar-refractivity contribution in [1.29, 1.82) is 0 Å². The topological polar surface area (TPSA) is 394 Å². The van der Waals surface area contributed by atoms with Crippen molar-refractivity contribution in [2.24, 2.45) is 43.4 Å². The molecule has 33 heteroatoms. The maximum absolute atomic E-state index is 14.5. The average Bonchev–Trinajstić information content (AvgIpc) is 0.790. The Bertz CT molecular complexity index is 4260. The summed E-state index contributed by atoms with van der Waals surface area (Å²) in [5.74, 6) is -3.57. The number of benzene rings is 5. The lowest BCUT2D eigenvalue weighted by molar-refractivity contribution is -0.385. The predicted octanol–water partition coefficient (Wildman–Crippen LogP) is 16.2. The number of halogens is 5. The normalized spacial score (nSPS) is 17.8. The highest BCUT2D eigenvalue weighted by Crippen LogP contribution is 2.46. The molecule has 2 aliphatic heterocycles. The van der Waals surface area contributed by atoms with Crippen molar-refractivity contribution in [3.63, 3.8) is 0 Å². The molecule has 0 saturated carbocycles. The van der Waals surface area contributed by atoms with Gasteiger partial charge in [-0.3, -0.25) is 60.0 Å². The van der Waals surface area contributed by atoms with Gasteiger partial charge < -0.3 is 22.9 Å². The lowest BCUT2D eigenvalue weighted by Crippen LogP contribution is -2.48. The summed E-state index contributed by atoms with van der Waals surface area (Å²) in [7, 11) is -3.14. The minimum atomic E-state index is -1.60. The Labute approximate surface area is 610 Å². The van der Waals surface area contributed by atoms with Gasteiger partial charge in [0.05, 0.1) is 62.5 Å². The standard InChI is InChI=1S/C17H25FN2O4S.C14H16FN3O2S.C14H18FN3S.C13H17FN2O3.C12H15FN2O3S/c1-11(2)15(21)10-17(6,19-25(24)16(3,4)5)13-9-12(20(22)23)7-8-14(13)18;1-8(2)12-7-14(3,17-13(16)21-12)10-6-9(18(19)20)4-5-11(10)15;1-8(2)12-7-14(3,18-13(17)19-12)10-6-9(16)4-5-11(10)15;1-8(2)12(17)7-13(3,15)10-6-9(16(18)19)4-5-11(10)14;1-8(14-19(18)12(2,3)4)10-7-9(15(16)17)5-6-11(10)13/h7-9,11,19H,10H2,1-6H3;4-6H,7H2,1-3H3,(H2,16,17);4-6H,7,16H2,1-3H3,(H2,17,18);4-6,8H,7,15H2,1-3H3;5-7H,1-4H3/t17-,25+;2*14-;13-;19-/m00001/s1. The van der Waals surface area contributed by atoms with E-state index in [1.165, 1.54) is 55.1 Å². The van der Waals surface area contributed by atoms with Crippen LogP contribution in [0.25, 0.3) is 0 Å². The molecule has 0 unspecified atom stereocenters. The summed E-state index contributed by atoms with van der Waals surface area (Å²) in [5.41, 5.74) is 21.9. The van der Waals surface area contributed by atoms with E-state index in [0.717, 1.165) is 82.1 Å². The van der Waals surface area contributed by atoms with E-state index >= 15 is 0 Å². The Morgan fingerprint density at radius 1 is 0.553 bits per heavy atom. The molecular formula is C70H91F5N12O12S4. The molecule has 0 bridgehead atoms.